The van der Waals surface area contributed by atoms with E-state index >= 15 is 0 Å². The molecular weight excluding hydrogens is 671 g/mol. The van der Waals surface area contributed by atoms with Crippen LogP contribution in [0.25, 0.3) is 0 Å². The van der Waals surface area contributed by atoms with Crippen LogP contribution >= 0.6 is 0 Å². The van der Waals surface area contributed by atoms with Crippen LogP contribution in [0.4, 0.5) is 13.6 Å². The maximum atomic E-state index is 13.2. The zero-order valence-corrected chi connectivity index (χ0v) is 33.8. The van der Waals surface area contributed by atoms with Crippen LogP contribution in [-0.2, 0) is 22.0 Å². The number of amides is 1. The van der Waals surface area contributed by atoms with Crippen LogP contribution in [0.1, 0.15) is 138 Å². The highest BCUT2D eigenvalue weighted by atomic mass is 32.2. The molecule has 0 heterocycles. The summed E-state index contributed by atoms with van der Waals surface area (Å²) in [5, 5.41) is 21.2. The Kier molecular flexibility index (Phi) is 14.5. The summed E-state index contributed by atoms with van der Waals surface area (Å²) in [5.74, 6) is -0.292. The summed E-state index contributed by atoms with van der Waals surface area (Å²) in [4.78, 5) is 12.2. The highest BCUT2D eigenvalue weighted by molar-refractivity contribution is 7.86. The number of carbonyl (C=O) groups excluding carboxylic acids is 1. The van der Waals surface area contributed by atoms with E-state index < -0.39 is 33.7 Å². The molecule has 6 unspecified atom stereocenters. The summed E-state index contributed by atoms with van der Waals surface area (Å²) in [6, 6.07) is 6.08. The minimum Gasteiger partial charge on any atom is -0.410 e. The smallest absolute Gasteiger partial charge is 0.410 e. The highest BCUT2D eigenvalue weighted by Crippen LogP contribution is 2.61. The van der Waals surface area contributed by atoms with Crippen LogP contribution in [0.5, 0.6) is 5.75 Å². The molecule has 290 valence electrons. The number of rotatable bonds is 14. The van der Waals surface area contributed by atoms with Crippen LogP contribution < -0.4 is 10.1 Å². The van der Waals surface area contributed by atoms with Gasteiger partial charge in [0.15, 0.2) is 7.85 Å². The largest absolute Gasteiger partial charge is 0.413 e. The van der Waals surface area contributed by atoms with Gasteiger partial charge in [-0.1, -0.05) is 47.6 Å². The summed E-state index contributed by atoms with van der Waals surface area (Å²) < 4.78 is 50.1. The molecule has 0 bridgehead atoms. The number of nitrogens with one attached hydrogen (secondary N) is 1. The third kappa shape index (κ3) is 10.2. The van der Waals surface area contributed by atoms with Gasteiger partial charge in [0.1, 0.15) is 5.75 Å². The molecule has 0 aromatic heterocycles. The Labute approximate surface area is 310 Å². The van der Waals surface area contributed by atoms with Gasteiger partial charge in [0.2, 0.25) is 5.82 Å². The lowest BCUT2D eigenvalue weighted by Crippen LogP contribution is -2.47. The van der Waals surface area contributed by atoms with Gasteiger partial charge in [-0.2, -0.15) is 0 Å². The number of aryl methyl sites for hydroxylation is 1. The molecular formula is C40H66BF2NO6S. The van der Waals surface area contributed by atoms with Gasteiger partial charge in [0.25, 0.3) is 0 Å². The van der Waals surface area contributed by atoms with Gasteiger partial charge in [-0.05, 0) is 137 Å². The van der Waals surface area contributed by atoms with E-state index in [1.165, 1.54) is 31.4 Å². The monoisotopic (exact) mass is 737 g/mol. The number of benzene rings is 1. The number of fused-ring (bicyclic) bond motifs is 5. The third-order valence-electron chi connectivity index (χ3n) is 13.2. The summed E-state index contributed by atoms with van der Waals surface area (Å²) >= 11 is 0. The maximum Gasteiger partial charge on any atom is 0.413 e. The fourth-order valence-electron chi connectivity index (χ4n) is 8.29. The van der Waals surface area contributed by atoms with Crippen molar-refractivity contribution >= 4 is 24.7 Å². The standard InChI is InChI=1S/C25H37NO5.C15H29BF2OS/c1-24(2,15-28)26-23(29)31-17-5-7-18-16(14-17)4-6-20-19(18)10-11-25(3)21(20)8-9-22(25)30-13-12-27;1-8-12(2,3)14(6,7)20(19)11-9-10-13(4,5)15(16,17)18/h5,7,14,19-22,27-28H,4,6,8-13,15H2,1-3H3,(H,26,29);8-11H2,1-7H3. The number of aliphatic hydroxyl groups is 2. The molecule has 1 aromatic rings. The minimum atomic E-state index is -3.20. The molecule has 0 spiro atoms. The van der Waals surface area contributed by atoms with Gasteiger partial charge in [-0.25, -0.2) is 13.6 Å². The molecule has 3 aliphatic carbocycles. The topological polar surface area (TPSA) is 105 Å². The Morgan fingerprint density at radius 3 is 2.29 bits per heavy atom. The first-order chi connectivity index (χ1) is 23.5. The lowest BCUT2D eigenvalue weighted by molar-refractivity contribution is -0.0710. The minimum absolute atomic E-state index is 0.0504. The highest BCUT2D eigenvalue weighted by Gasteiger charge is 2.55. The van der Waals surface area contributed by atoms with Gasteiger partial charge < -0.3 is 25.0 Å². The second kappa shape index (κ2) is 16.9. The predicted octanol–water partition coefficient (Wildman–Crippen LogP) is 8.30. The number of ether oxygens (including phenoxy) is 2. The lowest BCUT2D eigenvalue weighted by atomic mass is 9.55. The van der Waals surface area contributed by atoms with E-state index in [0.717, 1.165) is 38.5 Å². The Hall–Kier alpha value is -1.56. The van der Waals surface area contributed by atoms with Gasteiger partial charge in [0, 0.05) is 26.7 Å². The Morgan fingerprint density at radius 2 is 1.71 bits per heavy atom. The fourth-order valence-corrected chi connectivity index (χ4v) is 9.97. The number of aliphatic hydroxyl groups excluding tert-OH is 2. The van der Waals surface area contributed by atoms with Crippen molar-refractivity contribution in [3.8, 4) is 5.75 Å². The maximum absolute atomic E-state index is 13.2. The first-order valence-corrected chi connectivity index (χ1v) is 20.3. The van der Waals surface area contributed by atoms with Crippen molar-refractivity contribution in [1.82, 2.24) is 5.32 Å². The average molecular weight is 738 g/mol. The van der Waals surface area contributed by atoms with Crippen LogP contribution in [0.3, 0.4) is 0 Å². The number of carbonyl (C=O) groups is 1. The van der Waals surface area contributed by atoms with E-state index in [1.54, 1.807) is 13.8 Å². The second-order valence-corrected chi connectivity index (χ2v) is 20.1. The second-order valence-electron chi connectivity index (χ2n) is 17.9. The fraction of sp³-hybridized carbons (Fsp3) is 0.825. The zero-order valence-electron chi connectivity index (χ0n) is 33.0. The van der Waals surface area contributed by atoms with Crippen molar-refractivity contribution in [2.24, 2.45) is 28.1 Å². The average Bonchev–Trinajstić information content (AvgIpc) is 3.38. The predicted molar refractivity (Wildman–Crippen MR) is 203 cm³/mol. The van der Waals surface area contributed by atoms with Crippen molar-refractivity contribution in [3.63, 3.8) is 0 Å². The van der Waals surface area contributed by atoms with Gasteiger partial charge in [-0.3, -0.25) is 4.21 Å². The van der Waals surface area contributed by atoms with Gasteiger partial charge in [-0.15, -0.1) is 0 Å². The van der Waals surface area contributed by atoms with Crippen LogP contribution in [-0.4, -0.2) is 76.1 Å². The summed E-state index contributed by atoms with van der Waals surface area (Å²) in [6.45, 7) is 19.5. The quantitative estimate of drug-likeness (QED) is 0.166. The van der Waals surface area contributed by atoms with Crippen LogP contribution in [0.2, 0.25) is 0 Å². The normalized spacial score (nSPS) is 25.8. The molecule has 0 saturated heterocycles. The first-order valence-electron chi connectivity index (χ1n) is 19.0. The molecule has 2 fully saturated rings. The van der Waals surface area contributed by atoms with E-state index in [4.69, 9.17) is 17.3 Å². The number of alkyl halides is 2. The molecule has 2 radical (unpaired) electrons. The number of halogens is 2. The van der Waals surface area contributed by atoms with Crippen molar-refractivity contribution < 1.29 is 37.5 Å². The van der Waals surface area contributed by atoms with Gasteiger partial charge >= 0.3 is 6.09 Å². The summed E-state index contributed by atoms with van der Waals surface area (Å²) in [6.07, 6.45) is 8.22. The number of hydrogen-bond acceptors (Lipinski definition) is 6. The Balaban J connectivity index is 0.000000306. The van der Waals surface area contributed by atoms with Crippen molar-refractivity contribution in [2.75, 3.05) is 25.6 Å². The number of hydrogen-bond donors (Lipinski definition) is 3. The molecule has 4 rings (SSSR count). The van der Waals surface area contributed by atoms with Crippen molar-refractivity contribution in [2.45, 2.75) is 155 Å². The molecule has 3 N–H and O–H groups in total. The molecule has 0 aliphatic heterocycles. The van der Waals surface area contributed by atoms with Crippen molar-refractivity contribution in [1.29, 1.82) is 0 Å². The Morgan fingerprint density at radius 1 is 1.04 bits per heavy atom. The molecule has 1 amide bonds. The van der Waals surface area contributed by atoms with Crippen LogP contribution in [0, 0.1) is 28.1 Å². The van der Waals surface area contributed by atoms with E-state index in [9.17, 15) is 28.0 Å². The van der Waals surface area contributed by atoms with Crippen LogP contribution in [0.15, 0.2) is 18.2 Å². The Bertz CT molecular complexity index is 1350. The summed E-state index contributed by atoms with van der Waals surface area (Å²) in [7, 11) is 3.85. The van der Waals surface area contributed by atoms with Gasteiger partial charge in [0.05, 0.1) is 31.5 Å². The molecule has 3 aliphatic rings. The zero-order chi connectivity index (χ0) is 38.6. The molecule has 11 heteroatoms. The molecule has 6 atom stereocenters. The van der Waals surface area contributed by atoms with E-state index in [2.05, 4.69) is 39.1 Å². The van der Waals surface area contributed by atoms with Crippen molar-refractivity contribution in [3.05, 3.63) is 29.3 Å². The first kappa shape index (κ1) is 43.8. The molecule has 1 aromatic carbocycles. The lowest BCUT2D eigenvalue weighted by Gasteiger charge is -2.50. The van der Waals surface area contributed by atoms with E-state index in [-0.39, 0.29) is 41.3 Å². The SMILES string of the molecule is CC(C)(CO)NC(=O)Oc1ccc2c(c1)CCC1C2CCC2(C)C(OCCO)CCC12.[B]C(F)(F)C(C)(C)CCCS(=O)C(C)(C)C(C)(C)CC. The molecule has 7 nitrogen and oxygen atoms in total. The summed E-state index contributed by atoms with van der Waals surface area (Å²) in [5.41, 5.74) is 0.901. The van der Waals surface area contributed by atoms with E-state index in [1.807, 2.05) is 26.0 Å². The molecule has 51 heavy (non-hydrogen) atoms. The third-order valence-corrected chi connectivity index (χ3v) is 15.5. The van der Waals surface area contributed by atoms with E-state index in [0.29, 0.717) is 42.3 Å². The molecule has 2 saturated carbocycles.